The summed E-state index contributed by atoms with van der Waals surface area (Å²) in [4.78, 5) is 11.7. The van der Waals surface area contributed by atoms with Crippen LogP contribution in [0.4, 0.5) is 0 Å². The van der Waals surface area contributed by atoms with Crippen molar-refractivity contribution in [2.45, 2.75) is 26.9 Å². The molecular formula is C11H11ClO2. The molecule has 0 aliphatic carbocycles. The van der Waals surface area contributed by atoms with Crippen LogP contribution in [-0.2, 0) is 0 Å². The van der Waals surface area contributed by atoms with Gasteiger partial charge in [0, 0.05) is 5.02 Å². The summed E-state index contributed by atoms with van der Waals surface area (Å²) in [5.41, 5.74) is 2.42. The predicted molar refractivity (Wildman–Crippen MR) is 55.3 cm³/mol. The third kappa shape index (κ3) is 1.14. The number of hydrogen-bond donors (Lipinski definition) is 0. The normalized spacial score (nSPS) is 19.4. The first-order valence-corrected chi connectivity index (χ1v) is 4.90. The quantitative estimate of drug-likeness (QED) is 0.658. The molecule has 1 aliphatic rings. The number of rotatable bonds is 0. The zero-order valence-corrected chi connectivity index (χ0v) is 9.11. The largest absolute Gasteiger partial charge is 0.482 e. The Kier molecular flexibility index (Phi) is 2.04. The van der Waals surface area contributed by atoms with E-state index < -0.39 is 0 Å². The maximum Gasteiger partial charge on any atom is 0.207 e. The number of benzene rings is 1. The van der Waals surface area contributed by atoms with E-state index in [-0.39, 0.29) is 11.9 Å². The Morgan fingerprint density at radius 1 is 1.43 bits per heavy atom. The van der Waals surface area contributed by atoms with Gasteiger partial charge in [0.15, 0.2) is 6.10 Å². The Balaban J connectivity index is 2.71. The van der Waals surface area contributed by atoms with Crippen LogP contribution in [0.15, 0.2) is 6.07 Å². The molecule has 0 saturated carbocycles. The van der Waals surface area contributed by atoms with Crippen molar-refractivity contribution in [3.63, 3.8) is 0 Å². The molecule has 1 aliphatic heterocycles. The second kappa shape index (κ2) is 2.99. The lowest BCUT2D eigenvalue weighted by Crippen LogP contribution is -2.15. The van der Waals surface area contributed by atoms with Gasteiger partial charge in [-0.1, -0.05) is 11.6 Å². The summed E-state index contributed by atoms with van der Waals surface area (Å²) in [6.07, 6.45) is -0.374. The summed E-state index contributed by atoms with van der Waals surface area (Å²) in [5.74, 6) is 0.696. The summed E-state index contributed by atoms with van der Waals surface area (Å²) in [7, 11) is 0. The molecule has 0 bridgehead atoms. The van der Waals surface area contributed by atoms with Crippen LogP contribution in [0.2, 0.25) is 5.02 Å². The molecule has 0 N–H and O–H groups in total. The second-order valence-corrected chi connectivity index (χ2v) is 4.01. The van der Waals surface area contributed by atoms with E-state index in [0.29, 0.717) is 16.3 Å². The van der Waals surface area contributed by atoms with Crippen molar-refractivity contribution < 1.29 is 9.53 Å². The molecule has 0 spiro atoms. The first-order valence-electron chi connectivity index (χ1n) is 4.53. The van der Waals surface area contributed by atoms with E-state index in [1.165, 1.54) is 0 Å². The van der Waals surface area contributed by atoms with Gasteiger partial charge in [0.2, 0.25) is 5.78 Å². The fourth-order valence-electron chi connectivity index (χ4n) is 1.77. The highest BCUT2D eigenvalue weighted by Crippen LogP contribution is 2.36. The molecular weight excluding hydrogens is 200 g/mol. The van der Waals surface area contributed by atoms with Gasteiger partial charge in [-0.25, -0.2) is 0 Å². The molecule has 3 heteroatoms. The van der Waals surface area contributed by atoms with Crippen molar-refractivity contribution in [2.75, 3.05) is 0 Å². The Morgan fingerprint density at radius 2 is 2.07 bits per heavy atom. The van der Waals surface area contributed by atoms with Crippen LogP contribution in [0, 0.1) is 13.8 Å². The lowest BCUT2D eigenvalue weighted by atomic mass is 10.0. The molecule has 0 aromatic heterocycles. The van der Waals surface area contributed by atoms with Crippen molar-refractivity contribution in [2.24, 2.45) is 0 Å². The minimum Gasteiger partial charge on any atom is -0.482 e. The number of hydrogen-bond acceptors (Lipinski definition) is 2. The highest BCUT2D eigenvalue weighted by molar-refractivity contribution is 6.33. The van der Waals surface area contributed by atoms with Crippen LogP contribution in [0.25, 0.3) is 0 Å². The van der Waals surface area contributed by atoms with Crippen LogP contribution in [0.3, 0.4) is 0 Å². The number of halogens is 1. The first kappa shape index (κ1) is 9.53. The third-order valence-electron chi connectivity index (χ3n) is 2.56. The van der Waals surface area contributed by atoms with E-state index in [9.17, 15) is 4.79 Å². The van der Waals surface area contributed by atoms with Crippen LogP contribution >= 0.6 is 11.6 Å². The van der Waals surface area contributed by atoms with Crippen LogP contribution in [0.1, 0.15) is 28.4 Å². The number of carbonyl (C=O) groups is 1. The van der Waals surface area contributed by atoms with Crippen LogP contribution in [-0.4, -0.2) is 11.9 Å². The third-order valence-corrected chi connectivity index (χ3v) is 3.15. The molecule has 0 radical (unpaired) electrons. The maximum atomic E-state index is 11.7. The van der Waals surface area contributed by atoms with Gasteiger partial charge < -0.3 is 4.74 Å². The minimum absolute atomic E-state index is 0.0272. The number of ether oxygens (including phenoxy) is 1. The Morgan fingerprint density at radius 3 is 2.71 bits per heavy atom. The van der Waals surface area contributed by atoms with Gasteiger partial charge in [-0.3, -0.25) is 4.79 Å². The molecule has 1 unspecified atom stereocenters. The van der Waals surface area contributed by atoms with E-state index in [1.54, 1.807) is 6.92 Å². The summed E-state index contributed by atoms with van der Waals surface area (Å²) < 4.78 is 5.43. The minimum atomic E-state index is -0.374. The standard InChI is InChI=1S/C11H11ClO2/c1-5-4-8-9(6(2)10(5)12)11(13)7(3)14-8/h4,7H,1-3H3. The molecule has 1 aromatic carbocycles. The highest BCUT2D eigenvalue weighted by Gasteiger charge is 2.31. The van der Waals surface area contributed by atoms with Gasteiger partial charge >= 0.3 is 0 Å². The van der Waals surface area contributed by atoms with Gasteiger partial charge in [-0.05, 0) is 38.0 Å². The van der Waals surface area contributed by atoms with Gasteiger partial charge in [-0.2, -0.15) is 0 Å². The molecule has 0 fully saturated rings. The van der Waals surface area contributed by atoms with Crippen molar-refractivity contribution in [3.05, 3.63) is 27.8 Å². The Bertz CT molecular complexity index is 424. The fourth-order valence-corrected chi connectivity index (χ4v) is 1.92. The molecule has 1 atom stereocenters. The SMILES string of the molecule is Cc1cc2c(c(C)c1Cl)C(=O)C(C)O2. The van der Waals surface area contributed by atoms with Crippen molar-refractivity contribution in [3.8, 4) is 5.75 Å². The van der Waals surface area contributed by atoms with Crippen molar-refractivity contribution in [1.82, 2.24) is 0 Å². The zero-order chi connectivity index (χ0) is 10.5. The molecule has 0 saturated heterocycles. The number of fused-ring (bicyclic) bond motifs is 1. The van der Waals surface area contributed by atoms with Crippen molar-refractivity contribution >= 4 is 17.4 Å². The average Bonchev–Trinajstić information content (AvgIpc) is 2.39. The summed E-state index contributed by atoms with van der Waals surface area (Å²) in [6.45, 7) is 5.52. The van der Waals surface area contributed by atoms with E-state index in [0.717, 1.165) is 11.1 Å². The van der Waals surface area contributed by atoms with E-state index in [1.807, 2.05) is 19.9 Å². The number of aryl methyl sites for hydroxylation is 1. The lowest BCUT2D eigenvalue weighted by Gasteiger charge is -2.06. The Labute approximate surface area is 87.8 Å². The fraction of sp³-hybridized carbons (Fsp3) is 0.364. The molecule has 2 nitrogen and oxygen atoms in total. The molecule has 0 amide bonds. The van der Waals surface area contributed by atoms with Gasteiger partial charge in [0.05, 0.1) is 5.56 Å². The number of Topliss-reactive ketones (excluding diaryl/α,β-unsaturated/α-hetero) is 1. The Hall–Kier alpha value is -1.02. The summed E-state index contributed by atoms with van der Waals surface area (Å²) >= 11 is 6.07. The topological polar surface area (TPSA) is 26.3 Å². The van der Waals surface area contributed by atoms with E-state index >= 15 is 0 Å². The molecule has 2 rings (SSSR count). The molecule has 14 heavy (non-hydrogen) atoms. The number of ketones is 1. The lowest BCUT2D eigenvalue weighted by molar-refractivity contribution is 0.0878. The van der Waals surface area contributed by atoms with Crippen LogP contribution < -0.4 is 4.74 Å². The molecule has 1 heterocycles. The number of carbonyl (C=O) groups excluding carboxylic acids is 1. The van der Waals surface area contributed by atoms with E-state index in [4.69, 9.17) is 16.3 Å². The van der Waals surface area contributed by atoms with E-state index in [2.05, 4.69) is 0 Å². The summed E-state index contributed by atoms with van der Waals surface area (Å²) in [6, 6.07) is 1.83. The van der Waals surface area contributed by atoms with Crippen molar-refractivity contribution in [1.29, 1.82) is 0 Å². The van der Waals surface area contributed by atoms with Gasteiger partial charge in [0.25, 0.3) is 0 Å². The smallest absolute Gasteiger partial charge is 0.207 e. The monoisotopic (exact) mass is 210 g/mol. The van der Waals surface area contributed by atoms with Gasteiger partial charge in [0.1, 0.15) is 5.75 Å². The first-order chi connectivity index (χ1) is 6.52. The molecule has 1 aromatic rings. The highest BCUT2D eigenvalue weighted by atomic mass is 35.5. The molecule has 74 valence electrons. The van der Waals surface area contributed by atoms with Crippen LogP contribution in [0.5, 0.6) is 5.75 Å². The zero-order valence-electron chi connectivity index (χ0n) is 8.35. The maximum absolute atomic E-state index is 11.7. The summed E-state index contributed by atoms with van der Waals surface area (Å²) in [5, 5.41) is 0.662. The predicted octanol–water partition coefficient (Wildman–Crippen LogP) is 2.92. The van der Waals surface area contributed by atoms with Gasteiger partial charge in [-0.15, -0.1) is 0 Å². The average molecular weight is 211 g/mol. The second-order valence-electron chi connectivity index (χ2n) is 3.63.